The van der Waals surface area contributed by atoms with Gasteiger partial charge in [-0.1, -0.05) is 99.1 Å². The fourth-order valence-corrected chi connectivity index (χ4v) is 9.51. The Bertz CT molecular complexity index is 1090. The minimum Gasteiger partial charge on any atom is -0.405 e. The molecule has 0 radical (unpaired) electrons. The van der Waals surface area contributed by atoms with Crippen molar-refractivity contribution in [2.75, 3.05) is 13.2 Å². The van der Waals surface area contributed by atoms with Gasteiger partial charge >= 0.3 is 0 Å². The van der Waals surface area contributed by atoms with Gasteiger partial charge in [0.25, 0.3) is 18.4 Å². The zero-order valence-electron chi connectivity index (χ0n) is 19.6. The Labute approximate surface area is 198 Å². The Morgan fingerprint density at radius 3 is 1.76 bits per heavy atom. The van der Waals surface area contributed by atoms with Crippen molar-refractivity contribution in [3.8, 4) is 0 Å². The third kappa shape index (κ3) is 5.80. The lowest BCUT2D eigenvalue weighted by Gasteiger charge is -2.43. The van der Waals surface area contributed by atoms with Crippen molar-refractivity contribution in [3.05, 3.63) is 90.5 Å². The summed E-state index contributed by atoms with van der Waals surface area (Å²) in [6.07, 6.45) is -1.10. The van der Waals surface area contributed by atoms with Gasteiger partial charge in [-0.15, -0.1) is 0 Å². The molecule has 176 valence electrons. The Morgan fingerprint density at radius 2 is 1.30 bits per heavy atom. The second kappa shape index (κ2) is 10.3. The number of aryl methyl sites for hydroxylation is 1. The molecule has 0 aromatic heterocycles. The summed E-state index contributed by atoms with van der Waals surface area (Å²) in [4.78, 5) is 0.0632. The van der Waals surface area contributed by atoms with Gasteiger partial charge in [0.05, 0.1) is 18.1 Å². The van der Waals surface area contributed by atoms with E-state index < -0.39 is 24.5 Å². The lowest BCUT2D eigenvalue weighted by Crippen LogP contribution is -2.67. The standard InChI is InChI=1S/C26H32O5SSi/c1-21-15-17-23(18-16-21)32(28,29)30-19-22(27)20-31-33(26(2,3)4,24-11-7-5-8-12-24)25-13-9-6-10-14-25/h5-18,22,27H,19-20H2,1-4H3. The Hall–Kier alpha value is -2.29. The lowest BCUT2D eigenvalue weighted by atomic mass is 10.2. The third-order valence-electron chi connectivity index (χ3n) is 5.63. The fraction of sp³-hybridized carbons (Fsp3) is 0.308. The molecule has 0 saturated heterocycles. The van der Waals surface area contributed by atoms with Crippen LogP contribution in [0.5, 0.6) is 0 Å². The highest BCUT2D eigenvalue weighted by Gasteiger charge is 2.50. The third-order valence-corrected chi connectivity index (χ3v) is 11.9. The van der Waals surface area contributed by atoms with Crippen LogP contribution in [0.4, 0.5) is 0 Å². The van der Waals surface area contributed by atoms with Crippen molar-refractivity contribution in [2.24, 2.45) is 0 Å². The van der Waals surface area contributed by atoms with Gasteiger partial charge in [0.1, 0.15) is 6.10 Å². The van der Waals surface area contributed by atoms with Crippen LogP contribution < -0.4 is 10.4 Å². The van der Waals surface area contributed by atoms with Crippen LogP contribution in [0.1, 0.15) is 26.3 Å². The van der Waals surface area contributed by atoms with Crippen LogP contribution in [0.15, 0.2) is 89.8 Å². The summed E-state index contributed by atoms with van der Waals surface area (Å²) in [6, 6.07) is 26.6. The number of hydrogen-bond acceptors (Lipinski definition) is 5. The molecule has 0 heterocycles. The lowest BCUT2D eigenvalue weighted by molar-refractivity contribution is 0.0612. The van der Waals surface area contributed by atoms with Gasteiger partial charge in [-0.05, 0) is 34.5 Å². The first kappa shape index (κ1) is 25.3. The molecular formula is C26H32O5SSi. The van der Waals surface area contributed by atoms with Crippen molar-refractivity contribution in [1.29, 1.82) is 0 Å². The molecule has 0 saturated carbocycles. The van der Waals surface area contributed by atoms with Gasteiger partial charge in [0.2, 0.25) is 0 Å². The maximum Gasteiger partial charge on any atom is 0.297 e. The number of aliphatic hydroxyl groups is 1. The van der Waals surface area contributed by atoms with Crippen LogP contribution in [0.3, 0.4) is 0 Å². The van der Waals surface area contributed by atoms with E-state index in [2.05, 4.69) is 45.0 Å². The van der Waals surface area contributed by atoms with E-state index in [1.807, 2.05) is 43.3 Å². The van der Waals surface area contributed by atoms with Gasteiger partial charge in [-0.25, -0.2) is 0 Å². The van der Waals surface area contributed by atoms with Gasteiger partial charge in [-0.2, -0.15) is 8.42 Å². The highest BCUT2D eigenvalue weighted by Crippen LogP contribution is 2.36. The SMILES string of the molecule is Cc1ccc(S(=O)(=O)OCC(O)CO[Si](c2ccccc2)(c2ccccc2)C(C)(C)C)cc1. The summed E-state index contributed by atoms with van der Waals surface area (Å²) in [7, 11) is -6.79. The van der Waals surface area contributed by atoms with Crippen LogP contribution in [0, 0.1) is 6.92 Å². The molecule has 5 nitrogen and oxygen atoms in total. The average molecular weight is 485 g/mol. The molecule has 0 fully saturated rings. The molecule has 0 amide bonds. The average Bonchev–Trinajstić information content (AvgIpc) is 2.79. The van der Waals surface area contributed by atoms with Crippen LogP contribution >= 0.6 is 0 Å². The molecule has 0 aliphatic carbocycles. The molecule has 0 aliphatic rings. The Balaban J connectivity index is 1.82. The van der Waals surface area contributed by atoms with E-state index in [0.717, 1.165) is 15.9 Å². The van der Waals surface area contributed by atoms with E-state index in [9.17, 15) is 13.5 Å². The predicted octanol–water partition coefficient (Wildman–Crippen LogP) is 3.64. The van der Waals surface area contributed by atoms with E-state index in [-0.39, 0.29) is 23.1 Å². The monoisotopic (exact) mass is 484 g/mol. The van der Waals surface area contributed by atoms with E-state index in [4.69, 9.17) is 8.61 Å². The predicted molar refractivity (Wildman–Crippen MR) is 134 cm³/mol. The zero-order chi connectivity index (χ0) is 24.1. The maximum absolute atomic E-state index is 12.5. The molecule has 3 aromatic carbocycles. The minimum atomic E-state index is -3.96. The molecule has 7 heteroatoms. The number of hydrogen-bond donors (Lipinski definition) is 1. The normalized spacial score (nSPS) is 13.6. The zero-order valence-corrected chi connectivity index (χ0v) is 21.4. The van der Waals surface area contributed by atoms with Crippen LogP contribution in [-0.4, -0.2) is 41.2 Å². The second-order valence-electron chi connectivity index (χ2n) is 9.18. The summed E-state index contributed by atoms with van der Waals surface area (Å²) in [6.45, 7) is 7.88. The Morgan fingerprint density at radius 1 is 0.818 bits per heavy atom. The largest absolute Gasteiger partial charge is 0.405 e. The second-order valence-corrected chi connectivity index (χ2v) is 15.1. The first-order valence-electron chi connectivity index (χ1n) is 11.0. The van der Waals surface area contributed by atoms with Crippen molar-refractivity contribution in [1.82, 2.24) is 0 Å². The van der Waals surface area contributed by atoms with E-state index >= 15 is 0 Å². The molecular weight excluding hydrogens is 452 g/mol. The minimum absolute atomic E-state index is 0.0449. The summed E-state index contributed by atoms with van der Waals surface area (Å²) >= 11 is 0. The number of benzene rings is 3. The highest BCUT2D eigenvalue weighted by atomic mass is 32.2. The number of rotatable bonds is 9. The van der Waals surface area contributed by atoms with Gasteiger partial charge in [0, 0.05) is 0 Å². The van der Waals surface area contributed by atoms with Crippen LogP contribution in [0.2, 0.25) is 5.04 Å². The molecule has 0 bridgehead atoms. The molecule has 1 atom stereocenters. The van der Waals surface area contributed by atoms with E-state index in [1.165, 1.54) is 12.1 Å². The van der Waals surface area contributed by atoms with Gasteiger partial charge < -0.3 is 9.53 Å². The molecule has 3 aromatic rings. The highest BCUT2D eigenvalue weighted by molar-refractivity contribution is 7.86. The van der Waals surface area contributed by atoms with Crippen molar-refractivity contribution in [3.63, 3.8) is 0 Å². The topological polar surface area (TPSA) is 72.8 Å². The first-order valence-corrected chi connectivity index (χ1v) is 14.3. The Kier molecular flexibility index (Phi) is 7.92. The maximum atomic E-state index is 12.5. The van der Waals surface area contributed by atoms with E-state index in [0.29, 0.717) is 0 Å². The number of aliphatic hydroxyl groups excluding tert-OH is 1. The molecule has 33 heavy (non-hydrogen) atoms. The molecule has 1 N–H and O–H groups in total. The van der Waals surface area contributed by atoms with Crippen LogP contribution in [0.25, 0.3) is 0 Å². The van der Waals surface area contributed by atoms with Gasteiger partial charge in [-0.3, -0.25) is 4.18 Å². The van der Waals surface area contributed by atoms with Crippen molar-refractivity contribution >= 4 is 28.8 Å². The fourth-order valence-electron chi connectivity index (χ4n) is 3.97. The van der Waals surface area contributed by atoms with Crippen molar-refractivity contribution in [2.45, 2.75) is 43.7 Å². The summed E-state index contributed by atoms with van der Waals surface area (Å²) < 4.78 is 36.7. The first-order chi connectivity index (χ1) is 15.6. The van der Waals surface area contributed by atoms with Crippen molar-refractivity contribution < 1.29 is 22.1 Å². The molecule has 3 rings (SSSR count). The molecule has 0 aliphatic heterocycles. The van der Waals surface area contributed by atoms with Gasteiger partial charge in [0.15, 0.2) is 0 Å². The summed E-state index contributed by atoms with van der Waals surface area (Å²) in [5.41, 5.74) is 0.952. The quantitative estimate of drug-likeness (QED) is 0.371. The molecule has 0 spiro atoms. The summed E-state index contributed by atoms with van der Waals surface area (Å²) in [5, 5.41) is 12.6. The van der Waals surface area contributed by atoms with E-state index in [1.54, 1.807) is 12.1 Å². The van der Waals surface area contributed by atoms with Crippen LogP contribution in [-0.2, 0) is 18.7 Å². The molecule has 1 unspecified atom stereocenters. The smallest absolute Gasteiger partial charge is 0.297 e. The summed E-state index contributed by atoms with van der Waals surface area (Å²) in [5.74, 6) is 0.